The molecule has 0 fully saturated rings. The molecule has 1 aliphatic heterocycles. The molecule has 3 aromatic rings. The Hall–Kier alpha value is -2.14. The molecule has 0 saturated heterocycles. The smallest absolute Gasteiger partial charge is 0.126 e. The molecular formula is C22H18BrClN2O. The molecule has 3 nitrogen and oxygen atoms in total. The number of rotatable bonds is 3. The predicted octanol–water partition coefficient (Wildman–Crippen LogP) is 6.03. The number of halogens is 2. The first-order valence-electron chi connectivity index (χ1n) is 8.72. The fraction of sp³-hybridized carbons (Fsp3) is 0.136. The van der Waals surface area contributed by atoms with Gasteiger partial charge in [0.15, 0.2) is 0 Å². The van der Waals surface area contributed by atoms with Crippen LogP contribution in [0.2, 0.25) is 5.02 Å². The lowest BCUT2D eigenvalue weighted by Crippen LogP contribution is -2.33. The molecule has 0 bridgehead atoms. The van der Waals surface area contributed by atoms with Gasteiger partial charge in [0, 0.05) is 33.2 Å². The van der Waals surface area contributed by atoms with Crippen LogP contribution in [-0.4, -0.2) is 10.8 Å². The lowest BCUT2D eigenvalue weighted by atomic mass is 9.93. The first-order valence-corrected chi connectivity index (χ1v) is 9.89. The molecule has 1 aliphatic rings. The molecule has 27 heavy (non-hydrogen) atoms. The van der Waals surface area contributed by atoms with Gasteiger partial charge in [-0.25, -0.2) is 0 Å². The molecule has 0 saturated carbocycles. The van der Waals surface area contributed by atoms with Crippen LogP contribution in [0.1, 0.15) is 35.3 Å². The van der Waals surface area contributed by atoms with Crippen LogP contribution in [0.5, 0.6) is 5.75 Å². The van der Waals surface area contributed by atoms with E-state index < -0.39 is 0 Å². The van der Waals surface area contributed by atoms with Crippen LogP contribution in [0.25, 0.3) is 0 Å². The van der Waals surface area contributed by atoms with Crippen LogP contribution in [0, 0.1) is 0 Å². The van der Waals surface area contributed by atoms with Crippen molar-refractivity contribution in [2.45, 2.75) is 18.6 Å². The third kappa shape index (κ3) is 4.08. The molecule has 0 spiro atoms. The Labute approximate surface area is 171 Å². The zero-order chi connectivity index (χ0) is 18.8. The highest BCUT2D eigenvalue weighted by Gasteiger charge is 2.27. The standard InChI is InChI=1S/C22H18BrClN2O/c23-16-5-3-4-15(12-16)19-13-20(18-6-1-2-7-21(18)27)26-22(25-19)14-8-10-17(24)11-9-14/h1-12,20,22,26-27H,13H2. The number of hydrogen-bond acceptors (Lipinski definition) is 3. The van der Waals surface area contributed by atoms with Crippen molar-refractivity contribution in [2.75, 3.05) is 0 Å². The SMILES string of the molecule is Oc1ccccc1C1CC(c2cccc(Br)c2)=NC(c2ccc(Cl)cc2)N1. The molecule has 0 radical (unpaired) electrons. The van der Waals surface area contributed by atoms with Crippen molar-refractivity contribution >= 4 is 33.2 Å². The van der Waals surface area contributed by atoms with E-state index in [-0.39, 0.29) is 12.2 Å². The summed E-state index contributed by atoms with van der Waals surface area (Å²) in [5, 5.41) is 14.6. The molecular weight excluding hydrogens is 424 g/mol. The Morgan fingerprint density at radius 2 is 1.78 bits per heavy atom. The number of phenolic OH excluding ortho intramolecular Hbond substituents is 1. The minimum Gasteiger partial charge on any atom is -0.508 e. The Morgan fingerprint density at radius 1 is 1.00 bits per heavy atom. The second-order valence-corrected chi connectivity index (χ2v) is 7.87. The molecule has 0 aromatic heterocycles. The van der Waals surface area contributed by atoms with Crippen LogP contribution in [0.4, 0.5) is 0 Å². The van der Waals surface area contributed by atoms with Crippen LogP contribution >= 0.6 is 27.5 Å². The molecule has 4 rings (SSSR count). The maximum Gasteiger partial charge on any atom is 0.126 e. The molecule has 2 unspecified atom stereocenters. The maximum absolute atomic E-state index is 10.4. The Bertz CT molecular complexity index is 988. The maximum atomic E-state index is 10.4. The summed E-state index contributed by atoms with van der Waals surface area (Å²) < 4.78 is 1.02. The number of para-hydroxylation sites is 1. The highest BCUT2D eigenvalue weighted by molar-refractivity contribution is 9.10. The van der Waals surface area contributed by atoms with Gasteiger partial charge in [0.25, 0.3) is 0 Å². The Morgan fingerprint density at radius 3 is 2.52 bits per heavy atom. The average Bonchev–Trinajstić information content (AvgIpc) is 2.68. The minimum atomic E-state index is -0.213. The van der Waals surface area contributed by atoms with Crippen LogP contribution < -0.4 is 5.32 Å². The topological polar surface area (TPSA) is 44.6 Å². The molecule has 2 N–H and O–H groups in total. The normalized spacial score (nSPS) is 19.6. The molecule has 0 amide bonds. The molecule has 0 aliphatic carbocycles. The molecule has 136 valence electrons. The average molecular weight is 442 g/mol. The van der Waals surface area contributed by atoms with E-state index in [1.807, 2.05) is 54.6 Å². The summed E-state index contributed by atoms with van der Waals surface area (Å²) >= 11 is 9.59. The van der Waals surface area contributed by atoms with Crippen LogP contribution in [-0.2, 0) is 0 Å². The molecule has 3 aromatic carbocycles. The number of aliphatic imine (C=N–C) groups is 1. The quantitative estimate of drug-likeness (QED) is 0.521. The Balaban J connectivity index is 1.76. The summed E-state index contributed by atoms with van der Waals surface area (Å²) in [5.74, 6) is 0.292. The van der Waals surface area contributed by atoms with E-state index in [1.54, 1.807) is 6.07 Å². The van der Waals surface area contributed by atoms with E-state index in [0.29, 0.717) is 17.2 Å². The summed E-state index contributed by atoms with van der Waals surface area (Å²) in [5.41, 5.74) is 3.99. The van der Waals surface area contributed by atoms with E-state index >= 15 is 0 Å². The number of hydrogen-bond donors (Lipinski definition) is 2. The van der Waals surface area contributed by atoms with Crippen molar-refractivity contribution in [1.29, 1.82) is 0 Å². The summed E-state index contributed by atoms with van der Waals surface area (Å²) in [7, 11) is 0. The van der Waals surface area contributed by atoms with Crippen molar-refractivity contribution in [1.82, 2.24) is 5.32 Å². The van der Waals surface area contributed by atoms with Crippen LogP contribution in [0.3, 0.4) is 0 Å². The zero-order valence-corrected chi connectivity index (χ0v) is 16.8. The number of phenols is 1. The zero-order valence-electron chi connectivity index (χ0n) is 14.4. The number of nitrogens with zero attached hydrogens (tertiary/aromatic N) is 1. The van der Waals surface area contributed by atoms with Gasteiger partial charge in [0.05, 0.1) is 0 Å². The van der Waals surface area contributed by atoms with Crippen molar-refractivity contribution < 1.29 is 5.11 Å². The summed E-state index contributed by atoms with van der Waals surface area (Å²) in [6.45, 7) is 0. The second-order valence-electron chi connectivity index (χ2n) is 6.52. The lowest BCUT2D eigenvalue weighted by Gasteiger charge is -2.31. The summed E-state index contributed by atoms with van der Waals surface area (Å²) in [6, 6.07) is 23.3. The van der Waals surface area contributed by atoms with Gasteiger partial charge in [0.2, 0.25) is 0 Å². The van der Waals surface area contributed by atoms with Gasteiger partial charge in [-0.05, 0) is 41.5 Å². The fourth-order valence-corrected chi connectivity index (χ4v) is 3.87. The summed E-state index contributed by atoms with van der Waals surface area (Å²) in [6.07, 6.45) is 0.479. The van der Waals surface area contributed by atoms with E-state index in [1.165, 1.54) is 0 Å². The predicted molar refractivity (Wildman–Crippen MR) is 113 cm³/mol. The van der Waals surface area contributed by atoms with Gasteiger partial charge >= 0.3 is 0 Å². The highest BCUT2D eigenvalue weighted by atomic mass is 79.9. The van der Waals surface area contributed by atoms with Crippen molar-refractivity contribution in [3.05, 3.63) is 99.0 Å². The first kappa shape index (κ1) is 18.2. The third-order valence-corrected chi connectivity index (χ3v) is 5.44. The van der Waals surface area contributed by atoms with Crippen LogP contribution in [0.15, 0.2) is 82.3 Å². The third-order valence-electron chi connectivity index (χ3n) is 4.70. The molecule has 1 heterocycles. The van der Waals surface area contributed by atoms with Crippen molar-refractivity contribution in [2.24, 2.45) is 4.99 Å². The number of nitrogens with one attached hydrogen (secondary N) is 1. The highest BCUT2D eigenvalue weighted by Crippen LogP contribution is 2.34. The van der Waals surface area contributed by atoms with E-state index in [0.717, 1.165) is 26.9 Å². The minimum absolute atomic E-state index is 0.0432. The van der Waals surface area contributed by atoms with Gasteiger partial charge in [-0.1, -0.05) is 70.0 Å². The fourth-order valence-electron chi connectivity index (χ4n) is 3.35. The van der Waals surface area contributed by atoms with Gasteiger partial charge in [-0.3, -0.25) is 10.3 Å². The van der Waals surface area contributed by atoms with Gasteiger partial charge in [-0.2, -0.15) is 0 Å². The second kappa shape index (κ2) is 7.85. The number of benzene rings is 3. The monoisotopic (exact) mass is 440 g/mol. The van der Waals surface area contributed by atoms with Gasteiger partial charge in [0.1, 0.15) is 11.9 Å². The van der Waals surface area contributed by atoms with E-state index in [2.05, 4.69) is 33.4 Å². The molecule has 5 heteroatoms. The van der Waals surface area contributed by atoms with E-state index in [4.69, 9.17) is 16.6 Å². The lowest BCUT2D eigenvalue weighted by molar-refractivity contribution is 0.413. The number of aromatic hydroxyl groups is 1. The van der Waals surface area contributed by atoms with E-state index in [9.17, 15) is 5.11 Å². The van der Waals surface area contributed by atoms with Crippen molar-refractivity contribution in [3.8, 4) is 5.75 Å². The summed E-state index contributed by atoms with van der Waals surface area (Å²) in [4.78, 5) is 4.96. The first-order chi connectivity index (χ1) is 13.1. The van der Waals surface area contributed by atoms with Crippen molar-refractivity contribution in [3.63, 3.8) is 0 Å². The van der Waals surface area contributed by atoms with Gasteiger partial charge in [-0.15, -0.1) is 0 Å². The Kier molecular flexibility index (Phi) is 5.30. The largest absolute Gasteiger partial charge is 0.508 e. The van der Waals surface area contributed by atoms with Gasteiger partial charge < -0.3 is 5.11 Å². The molecule has 2 atom stereocenters.